The summed E-state index contributed by atoms with van der Waals surface area (Å²) in [5, 5.41) is 5.04. The van der Waals surface area contributed by atoms with Gasteiger partial charge in [-0.2, -0.15) is 13.2 Å². The highest BCUT2D eigenvalue weighted by Crippen LogP contribution is 2.25. The minimum atomic E-state index is -4.49. The molecule has 0 aliphatic carbocycles. The molecule has 0 unspecified atom stereocenters. The van der Waals surface area contributed by atoms with E-state index in [9.17, 15) is 18.0 Å². The van der Waals surface area contributed by atoms with Crippen LogP contribution in [-0.4, -0.2) is 28.7 Å². The van der Waals surface area contributed by atoms with Crippen LogP contribution >= 0.6 is 22.9 Å². The molecule has 0 bridgehead atoms. The second-order valence-corrected chi connectivity index (χ2v) is 5.83. The molecule has 2 heterocycles. The normalized spacial score (nSPS) is 11.3. The lowest BCUT2D eigenvalue weighted by Crippen LogP contribution is -2.23. The van der Waals surface area contributed by atoms with Crippen LogP contribution in [0.2, 0.25) is 5.02 Å². The Hall–Kier alpha value is -1.87. The average molecular weight is 366 g/mol. The molecule has 23 heavy (non-hydrogen) atoms. The zero-order chi connectivity index (χ0) is 17.0. The van der Waals surface area contributed by atoms with Crippen molar-refractivity contribution in [3.63, 3.8) is 0 Å². The Bertz CT molecular complexity index is 706. The molecule has 2 aromatic heterocycles. The number of rotatable bonds is 5. The van der Waals surface area contributed by atoms with Crippen molar-refractivity contribution in [3.8, 4) is 5.88 Å². The number of pyridine rings is 1. The number of alkyl halides is 3. The number of nitrogens with one attached hydrogen (secondary N) is 1. The van der Waals surface area contributed by atoms with E-state index in [0.717, 1.165) is 16.9 Å². The van der Waals surface area contributed by atoms with Gasteiger partial charge in [0.15, 0.2) is 6.61 Å². The smallest absolute Gasteiger partial charge is 0.422 e. The van der Waals surface area contributed by atoms with Crippen LogP contribution in [0.4, 0.5) is 13.2 Å². The predicted molar refractivity (Wildman–Crippen MR) is 78.8 cm³/mol. The molecule has 10 heteroatoms. The third-order valence-corrected chi connectivity index (χ3v) is 3.75. The molecule has 0 radical (unpaired) electrons. The molecule has 0 aliphatic rings. The summed E-state index contributed by atoms with van der Waals surface area (Å²) in [6.07, 6.45) is -3.40. The molecule has 1 N–H and O–H groups in total. The zero-order valence-electron chi connectivity index (χ0n) is 11.8. The zero-order valence-corrected chi connectivity index (χ0v) is 13.3. The molecule has 2 aromatic rings. The molecule has 1 amide bonds. The molecule has 2 rings (SSSR count). The van der Waals surface area contributed by atoms with Crippen LogP contribution in [-0.2, 0) is 6.54 Å². The number of ether oxygens (including phenoxy) is 1. The molecular weight excluding hydrogens is 355 g/mol. The second kappa shape index (κ2) is 7.14. The van der Waals surface area contributed by atoms with Crippen LogP contribution in [0, 0.1) is 6.92 Å². The van der Waals surface area contributed by atoms with E-state index in [1.54, 1.807) is 0 Å². The largest absolute Gasteiger partial charge is 0.467 e. The fraction of sp³-hybridized carbons (Fsp3) is 0.308. The number of aryl methyl sites for hydroxylation is 1. The first-order valence-electron chi connectivity index (χ1n) is 6.29. The van der Waals surface area contributed by atoms with Crippen LogP contribution in [0.1, 0.15) is 21.1 Å². The van der Waals surface area contributed by atoms with E-state index < -0.39 is 18.7 Å². The van der Waals surface area contributed by atoms with Gasteiger partial charge < -0.3 is 10.1 Å². The standard InChI is InChI=1S/C13H11ClF3N3O2S/c1-7-5-23-10(20-7)4-18-11(21)8-2-9(14)12(19-3-8)22-6-13(15,16)17/h2-3,5H,4,6H2,1H3,(H,18,21). The first-order chi connectivity index (χ1) is 10.7. The summed E-state index contributed by atoms with van der Waals surface area (Å²) < 4.78 is 40.7. The Morgan fingerprint density at radius 2 is 2.22 bits per heavy atom. The number of halogens is 4. The van der Waals surface area contributed by atoms with Crippen molar-refractivity contribution in [2.75, 3.05) is 6.61 Å². The van der Waals surface area contributed by atoms with Gasteiger partial charge in [-0.25, -0.2) is 9.97 Å². The summed E-state index contributed by atoms with van der Waals surface area (Å²) in [5.41, 5.74) is 0.970. The van der Waals surface area contributed by atoms with Gasteiger partial charge in [-0.15, -0.1) is 11.3 Å². The number of thiazole rings is 1. The molecule has 0 saturated carbocycles. The topological polar surface area (TPSA) is 64.1 Å². The van der Waals surface area contributed by atoms with E-state index in [1.165, 1.54) is 17.4 Å². The third-order valence-electron chi connectivity index (χ3n) is 2.51. The Balaban J connectivity index is 1.97. The van der Waals surface area contributed by atoms with Crippen LogP contribution in [0.25, 0.3) is 0 Å². The highest BCUT2D eigenvalue weighted by Gasteiger charge is 2.29. The van der Waals surface area contributed by atoms with Crippen molar-refractivity contribution in [1.29, 1.82) is 0 Å². The average Bonchev–Trinajstić information content (AvgIpc) is 2.88. The minimum Gasteiger partial charge on any atom is -0.467 e. The van der Waals surface area contributed by atoms with E-state index >= 15 is 0 Å². The fourth-order valence-electron chi connectivity index (χ4n) is 1.55. The first-order valence-corrected chi connectivity index (χ1v) is 7.54. The minimum absolute atomic E-state index is 0.114. The van der Waals surface area contributed by atoms with E-state index in [1.807, 2.05) is 12.3 Å². The summed E-state index contributed by atoms with van der Waals surface area (Å²) >= 11 is 7.18. The quantitative estimate of drug-likeness (QED) is 0.882. The lowest BCUT2D eigenvalue weighted by Gasteiger charge is -2.10. The van der Waals surface area contributed by atoms with E-state index in [2.05, 4.69) is 20.0 Å². The van der Waals surface area contributed by atoms with Crippen LogP contribution < -0.4 is 10.1 Å². The van der Waals surface area contributed by atoms with Gasteiger partial charge in [0.2, 0.25) is 5.88 Å². The van der Waals surface area contributed by atoms with Crippen molar-refractivity contribution in [1.82, 2.24) is 15.3 Å². The van der Waals surface area contributed by atoms with Gasteiger partial charge in [0, 0.05) is 17.3 Å². The molecule has 5 nitrogen and oxygen atoms in total. The second-order valence-electron chi connectivity index (χ2n) is 4.48. The molecule has 124 valence electrons. The number of hydrogen-bond donors (Lipinski definition) is 1. The van der Waals surface area contributed by atoms with E-state index in [0.29, 0.717) is 0 Å². The lowest BCUT2D eigenvalue weighted by atomic mass is 10.2. The molecule has 0 aliphatic heterocycles. The summed E-state index contributed by atoms with van der Waals surface area (Å²) in [5.74, 6) is -0.842. The molecule has 0 aromatic carbocycles. The van der Waals surface area contributed by atoms with Gasteiger partial charge in [-0.05, 0) is 13.0 Å². The number of carbonyl (C=O) groups is 1. The van der Waals surface area contributed by atoms with Gasteiger partial charge in [0.25, 0.3) is 5.91 Å². The maximum Gasteiger partial charge on any atom is 0.422 e. The van der Waals surface area contributed by atoms with Gasteiger partial charge in [-0.1, -0.05) is 11.6 Å². The Kier molecular flexibility index (Phi) is 5.42. The van der Waals surface area contributed by atoms with Crippen LogP contribution in [0.3, 0.4) is 0 Å². The van der Waals surface area contributed by atoms with Crippen molar-refractivity contribution < 1.29 is 22.7 Å². The monoisotopic (exact) mass is 365 g/mol. The van der Waals surface area contributed by atoms with Crippen LogP contribution in [0.5, 0.6) is 5.88 Å². The summed E-state index contributed by atoms with van der Waals surface area (Å²) in [6, 6.07) is 1.20. The van der Waals surface area contributed by atoms with E-state index in [4.69, 9.17) is 11.6 Å². The first kappa shape index (κ1) is 17.5. The highest BCUT2D eigenvalue weighted by atomic mass is 35.5. The van der Waals surface area contributed by atoms with Gasteiger partial charge >= 0.3 is 6.18 Å². The summed E-state index contributed by atoms with van der Waals surface area (Å²) in [7, 11) is 0. The maximum atomic E-state index is 12.1. The molecule has 0 fully saturated rings. The van der Waals surface area contributed by atoms with Crippen molar-refractivity contribution in [2.24, 2.45) is 0 Å². The summed E-state index contributed by atoms with van der Waals surface area (Å²) in [6.45, 7) is 0.571. The van der Waals surface area contributed by atoms with Gasteiger partial charge in [0.1, 0.15) is 10.0 Å². The van der Waals surface area contributed by atoms with Gasteiger partial charge in [-0.3, -0.25) is 4.79 Å². The third kappa shape index (κ3) is 5.36. The lowest BCUT2D eigenvalue weighted by molar-refractivity contribution is -0.154. The number of amides is 1. The molecular formula is C13H11ClF3N3O2S. The number of carbonyl (C=O) groups excluding carboxylic acids is 1. The fourth-order valence-corrected chi connectivity index (χ4v) is 2.48. The van der Waals surface area contributed by atoms with Crippen LogP contribution in [0.15, 0.2) is 17.6 Å². The van der Waals surface area contributed by atoms with Crippen molar-refractivity contribution in [3.05, 3.63) is 38.9 Å². The van der Waals surface area contributed by atoms with Crippen molar-refractivity contribution >= 4 is 28.8 Å². The highest BCUT2D eigenvalue weighted by molar-refractivity contribution is 7.09. The van der Waals surface area contributed by atoms with Crippen molar-refractivity contribution in [2.45, 2.75) is 19.6 Å². The molecule has 0 atom stereocenters. The van der Waals surface area contributed by atoms with Gasteiger partial charge in [0.05, 0.1) is 12.1 Å². The number of aromatic nitrogens is 2. The Morgan fingerprint density at radius 3 is 2.78 bits per heavy atom. The Labute approximate surface area is 138 Å². The predicted octanol–water partition coefficient (Wildman–Crippen LogP) is 3.37. The maximum absolute atomic E-state index is 12.1. The SMILES string of the molecule is Cc1csc(CNC(=O)c2cnc(OCC(F)(F)F)c(Cl)c2)n1. The Morgan fingerprint density at radius 1 is 1.48 bits per heavy atom. The summed E-state index contributed by atoms with van der Waals surface area (Å²) in [4.78, 5) is 19.8. The molecule has 0 spiro atoms. The number of hydrogen-bond acceptors (Lipinski definition) is 5. The number of nitrogens with zero attached hydrogens (tertiary/aromatic N) is 2. The molecule has 0 saturated heterocycles. The van der Waals surface area contributed by atoms with E-state index in [-0.39, 0.29) is 23.0 Å².